The highest BCUT2D eigenvalue weighted by molar-refractivity contribution is 6.12. The second kappa shape index (κ2) is 5.91. The molecule has 4 nitrogen and oxygen atoms in total. The lowest BCUT2D eigenvalue weighted by molar-refractivity contribution is -0.127. The van der Waals surface area contributed by atoms with Gasteiger partial charge < -0.3 is 10.5 Å². The number of aliphatic imine (C=N–C) groups is 1. The molecule has 1 unspecified atom stereocenters. The standard InChI is InChI=1S/C18H17FN2O2/c19-14-2-4-15(5-3-14)21-17-7-13-1-6-16(23)9-18(13,11-22)8-12(17)10-20/h2-5,7,10-11H,1,6,8-9,20H2/b12-10-,21-17?. The van der Waals surface area contributed by atoms with Crippen LogP contribution in [0.1, 0.15) is 25.7 Å². The van der Waals surface area contributed by atoms with Crippen LogP contribution in [0.15, 0.2) is 52.7 Å². The van der Waals surface area contributed by atoms with E-state index in [0.29, 0.717) is 30.7 Å². The number of allylic oxidation sites excluding steroid dienone is 3. The van der Waals surface area contributed by atoms with Crippen molar-refractivity contribution in [2.45, 2.75) is 25.7 Å². The SMILES string of the molecule is N/C=C1/CC2(C=O)CC(=O)CCC2=CC1=Nc1ccc(F)cc1. The van der Waals surface area contributed by atoms with E-state index in [1.807, 2.05) is 6.08 Å². The number of rotatable bonds is 2. The molecule has 2 aliphatic carbocycles. The molecule has 1 atom stereocenters. The monoisotopic (exact) mass is 312 g/mol. The van der Waals surface area contributed by atoms with Crippen LogP contribution in [-0.4, -0.2) is 17.8 Å². The predicted molar refractivity (Wildman–Crippen MR) is 85.8 cm³/mol. The molecule has 5 heteroatoms. The number of nitrogens with two attached hydrogens (primary N) is 1. The van der Waals surface area contributed by atoms with Gasteiger partial charge in [0.1, 0.15) is 17.9 Å². The Kier molecular flexibility index (Phi) is 3.94. The van der Waals surface area contributed by atoms with Crippen molar-refractivity contribution in [1.82, 2.24) is 0 Å². The number of hydrogen-bond donors (Lipinski definition) is 1. The van der Waals surface area contributed by atoms with Crippen LogP contribution >= 0.6 is 0 Å². The summed E-state index contributed by atoms with van der Waals surface area (Å²) in [6.07, 6.45) is 5.78. The Hall–Kier alpha value is -2.56. The Morgan fingerprint density at radius 3 is 2.57 bits per heavy atom. The van der Waals surface area contributed by atoms with Gasteiger partial charge in [0.05, 0.1) is 16.8 Å². The van der Waals surface area contributed by atoms with Crippen molar-refractivity contribution in [3.8, 4) is 0 Å². The van der Waals surface area contributed by atoms with E-state index in [-0.39, 0.29) is 18.0 Å². The molecule has 0 aliphatic heterocycles. The minimum Gasteiger partial charge on any atom is -0.404 e. The summed E-state index contributed by atoms with van der Waals surface area (Å²) >= 11 is 0. The first kappa shape index (κ1) is 15.3. The molecule has 2 N–H and O–H groups in total. The first-order valence-electron chi connectivity index (χ1n) is 7.51. The lowest BCUT2D eigenvalue weighted by atomic mass is 9.64. The van der Waals surface area contributed by atoms with Gasteiger partial charge in [0, 0.05) is 12.8 Å². The minimum atomic E-state index is -0.775. The maximum atomic E-state index is 13.0. The molecular weight excluding hydrogens is 295 g/mol. The van der Waals surface area contributed by atoms with E-state index in [1.165, 1.54) is 18.3 Å². The number of aldehydes is 1. The van der Waals surface area contributed by atoms with Gasteiger partial charge in [-0.2, -0.15) is 0 Å². The van der Waals surface area contributed by atoms with Crippen LogP contribution in [-0.2, 0) is 9.59 Å². The van der Waals surface area contributed by atoms with Crippen molar-refractivity contribution < 1.29 is 14.0 Å². The van der Waals surface area contributed by atoms with Crippen molar-refractivity contribution in [3.63, 3.8) is 0 Å². The van der Waals surface area contributed by atoms with E-state index in [1.54, 1.807) is 12.1 Å². The Balaban J connectivity index is 2.05. The average molecular weight is 312 g/mol. The first-order chi connectivity index (χ1) is 11.1. The molecule has 1 aromatic carbocycles. The number of fused-ring (bicyclic) bond motifs is 1. The summed E-state index contributed by atoms with van der Waals surface area (Å²) in [5.41, 5.74) is 7.87. The maximum absolute atomic E-state index is 13.0. The molecule has 3 rings (SSSR count). The number of Topliss-reactive ketones (excluding diaryl/α,β-unsaturated/α-hetero) is 1. The number of benzene rings is 1. The topological polar surface area (TPSA) is 72.5 Å². The van der Waals surface area contributed by atoms with Crippen molar-refractivity contribution in [3.05, 3.63) is 53.5 Å². The molecule has 0 saturated heterocycles. The van der Waals surface area contributed by atoms with Crippen LogP contribution in [0.4, 0.5) is 10.1 Å². The molecule has 1 aromatic rings. The number of carbonyl (C=O) groups excluding carboxylic acids is 2. The van der Waals surface area contributed by atoms with Gasteiger partial charge >= 0.3 is 0 Å². The van der Waals surface area contributed by atoms with Crippen LogP contribution < -0.4 is 5.73 Å². The van der Waals surface area contributed by atoms with Gasteiger partial charge in [-0.05, 0) is 55.0 Å². The van der Waals surface area contributed by atoms with Crippen molar-refractivity contribution in [2.75, 3.05) is 0 Å². The van der Waals surface area contributed by atoms with Gasteiger partial charge in [0.25, 0.3) is 0 Å². The minimum absolute atomic E-state index is 0.101. The summed E-state index contributed by atoms with van der Waals surface area (Å²) in [5.74, 6) is -0.221. The van der Waals surface area contributed by atoms with E-state index in [0.717, 1.165) is 17.4 Å². The molecule has 2 aliphatic rings. The molecule has 0 radical (unpaired) electrons. The fraction of sp³-hybridized carbons (Fsp3) is 0.278. The molecule has 1 fully saturated rings. The van der Waals surface area contributed by atoms with Crippen LogP contribution in [0.3, 0.4) is 0 Å². The quantitative estimate of drug-likeness (QED) is 0.853. The Labute approximate surface area is 133 Å². The third-order valence-electron chi connectivity index (χ3n) is 4.47. The van der Waals surface area contributed by atoms with Crippen molar-refractivity contribution >= 4 is 23.5 Å². The zero-order chi connectivity index (χ0) is 16.4. The predicted octanol–water partition coefficient (Wildman–Crippen LogP) is 3.01. The van der Waals surface area contributed by atoms with Gasteiger partial charge in [-0.1, -0.05) is 5.57 Å². The van der Waals surface area contributed by atoms with Crippen LogP contribution in [0, 0.1) is 11.2 Å². The number of halogens is 1. The summed E-state index contributed by atoms with van der Waals surface area (Å²) in [7, 11) is 0. The number of ketones is 1. The summed E-state index contributed by atoms with van der Waals surface area (Å²) < 4.78 is 13.0. The Morgan fingerprint density at radius 2 is 1.91 bits per heavy atom. The summed E-state index contributed by atoms with van der Waals surface area (Å²) in [5, 5.41) is 0. The normalized spacial score (nSPS) is 27.7. The molecule has 0 spiro atoms. The molecule has 23 heavy (non-hydrogen) atoms. The molecule has 0 aromatic heterocycles. The van der Waals surface area contributed by atoms with E-state index >= 15 is 0 Å². The van der Waals surface area contributed by atoms with Crippen LogP contribution in [0.25, 0.3) is 0 Å². The smallest absolute Gasteiger partial charge is 0.134 e. The highest BCUT2D eigenvalue weighted by atomic mass is 19.1. The maximum Gasteiger partial charge on any atom is 0.134 e. The highest BCUT2D eigenvalue weighted by Crippen LogP contribution is 2.46. The lowest BCUT2D eigenvalue weighted by Crippen LogP contribution is -2.37. The van der Waals surface area contributed by atoms with Crippen molar-refractivity contribution in [2.24, 2.45) is 16.1 Å². The molecule has 0 amide bonds. The van der Waals surface area contributed by atoms with Crippen LogP contribution in [0.5, 0.6) is 0 Å². The fourth-order valence-corrected chi connectivity index (χ4v) is 3.22. The summed E-state index contributed by atoms with van der Waals surface area (Å²) in [6, 6.07) is 5.86. The fourth-order valence-electron chi connectivity index (χ4n) is 3.22. The van der Waals surface area contributed by atoms with Gasteiger partial charge in [0.2, 0.25) is 0 Å². The van der Waals surface area contributed by atoms with E-state index in [2.05, 4.69) is 4.99 Å². The Morgan fingerprint density at radius 1 is 1.17 bits per heavy atom. The molecule has 0 bridgehead atoms. The van der Waals surface area contributed by atoms with Gasteiger partial charge in [-0.25, -0.2) is 9.38 Å². The largest absolute Gasteiger partial charge is 0.404 e. The van der Waals surface area contributed by atoms with Gasteiger partial charge in [-0.15, -0.1) is 0 Å². The second-order valence-corrected chi connectivity index (χ2v) is 6.00. The van der Waals surface area contributed by atoms with Crippen molar-refractivity contribution in [1.29, 1.82) is 0 Å². The third-order valence-corrected chi connectivity index (χ3v) is 4.47. The van der Waals surface area contributed by atoms with E-state index in [4.69, 9.17) is 5.73 Å². The average Bonchev–Trinajstić information content (AvgIpc) is 2.56. The number of hydrogen-bond acceptors (Lipinski definition) is 4. The zero-order valence-corrected chi connectivity index (χ0v) is 12.6. The van der Waals surface area contributed by atoms with E-state index < -0.39 is 5.41 Å². The van der Waals surface area contributed by atoms with Gasteiger partial charge in [-0.3, -0.25) is 4.79 Å². The molecule has 118 valence electrons. The first-order valence-corrected chi connectivity index (χ1v) is 7.51. The summed E-state index contributed by atoms with van der Waals surface area (Å²) in [6.45, 7) is 0. The third kappa shape index (κ3) is 2.86. The summed E-state index contributed by atoms with van der Waals surface area (Å²) in [4.78, 5) is 28.0. The lowest BCUT2D eigenvalue weighted by Gasteiger charge is -2.38. The van der Waals surface area contributed by atoms with Gasteiger partial charge in [0.15, 0.2) is 0 Å². The second-order valence-electron chi connectivity index (χ2n) is 6.00. The highest BCUT2D eigenvalue weighted by Gasteiger charge is 2.43. The van der Waals surface area contributed by atoms with Crippen LogP contribution in [0.2, 0.25) is 0 Å². The Bertz CT molecular complexity index is 747. The molecule has 0 heterocycles. The zero-order valence-electron chi connectivity index (χ0n) is 12.6. The number of carbonyl (C=O) groups is 2. The van der Waals surface area contributed by atoms with E-state index in [9.17, 15) is 14.0 Å². The molecule has 1 saturated carbocycles. The number of nitrogens with zero attached hydrogens (tertiary/aromatic N) is 1. The molecular formula is C18H17FN2O2.